The fraction of sp³-hybridized carbons (Fsp3) is 0.538. The van der Waals surface area contributed by atoms with Crippen LogP contribution in [0.4, 0.5) is 0 Å². The molecule has 1 heteroatoms. The van der Waals surface area contributed by atoms with Crippen LogP contribution in [-0.4, -0.2) is 0 Å². The maximum absolute atomic E-state index is 3.67. The molecule has 14 heavy (non-hydrogen) atoms. The van der Waals surface area contributed by atoms with E-state index in [0.29, 0.717) is 11.3 Å². The van der Waals surface area contributed by atoms with E-state index in [9.17, 15) is 0 Å². The molecule has 0 amide bonds. The van der Waals surface area contributed by atoms with Crippen molar-refractivity contribution in [3.05, 3.63) is 33.8 Å². The molecule has 0 spiro atoms. The van der Waals surface area contributed by atoms with Crippen LogP contribution in [0.15, 0.2) is 22.7 Å². The summed E-state index contributed by atoms with van der Waals surface area (Å²) in [7, 11) is 0. The third-order valence-electron chi connectivity index (χ3n) is 3.73. The van der Waals surface area contributed by atoms with Gasteiger partial charge in [-0.05, 0) is 41.4 Å². The second-order valence-corrected chi connectivity index (χ2v) is 5.57. The highest BCUT2D eigenvalue weighted by Crippen LogP contribution is 2.49. The molecule has 0 unspecified atom stereocenters. The van der Waals surface area contributed by atoms with Gasteiger partial charge in [-0.25, -0.2) is 0 Å². The van der Waals surface area contributed by atoms with E-state index in [1.807, 2.05) is 0 Å². The van der Waals surface area contributed by atoms with Crippen molar-refractivity contribution in [3.8, 4) is 0 Å². The van der Waals surface area contributed by atoms with Crippen LogP contribution < -0.4 is 0 Å². The summed E-state index contributed by atoms with van der Waals surface area (Å²) >= 11 is 3.67. The summed E-state index contributed by atoms with van der Waals surface area (Å²) in [6, 6.07) is 6.62. The van der Waals surface area contributed by atoms with Crippen LogP contribution >= 0.6 is 15.9 Å². The van der Waals surface area contributed by atoms with Gasteiger partial charge in [-0.15, -0.1) is 0 Å². The molecule has 0 fully saturated rings. The molecule has 0 aromatic heterocycles. The van der Waals surface area contributed by atoms with Gasteiger partial charge >= 0.3 is 0 Å². The van der Waals surface area contributed by atoms with Crippen molar-refractivity contribution < 1.29 is 0 Å². The zero-order valence-corrected chi connectivity index (χ0v) is 10.7. The van der Waals surface area contributed by atoms with E-state index in [4.69, 9.17) is 0 Å². The Bertz CT molecular complexity index is 356. The maximum Gasteiger partial charge on any atom is 0.0212 e. The molecule has 0 aliphatic heterocycles. The summed E-state index contributed by atoms with van der Waals surface area (Å²) in [6.07, 6.45) is 2.53. The molecule has 2 rings (SSSR count). The fourth-order valence-electron chi connectivity index (χ4n) is 2.79. The third-order valence-corrected chi connectivity index (χ3v) is 4.42. The minimum atomic E-state index is 0.401. The zero-order valence-electron chi connectivity index (χ0n) is 9.10. The van der Waals surface area contributed by atoms with Gasteiger partial charge in [0.15, 0.2) is 0 Å². The lowest BCUT2D eigenvalue weighted by molar-refractivity contribution is 0.430. The van der Waals surface area contributed by atoms with E-state index in [-0.39, 0.29) is 0 Å². The summed E-state index contributed by atoms with van der Waals surface area (Å²) in [4.78, 5) is 0. The van der Waals surface area contributed by atoms with Gasteiger partial charge in [0, 0.05) is 4.47 Å². The number of fused-ring (bicyclic) bond motifs is 1. The minimum absolute atomic E-state index is 0.401. The number of hydrogen-bond donors (Lipinski definition) is 0. The van der Waals surface area contributed by atoms with Gasteiger partial charge in [0.05, 0.1) is 0 Å². The first-order valence-corrected chi connectivity index (χ1v) is 6.16. The molecule has 1 aromatic carbocycles. The van der Waals surface area contributed by atoms with Crippen molar-refractivity contribution in [2.75, 3.05) is 0 Å². The number of halogens is 1. The molecular formula is C13H17Br. The quantitative estimate of drug-likeness (QED) is 0.684. The first-order chi connectivity index (χ1) is 6.58. The van der Waals surface area contributed by atoms with Gasteiger partial charge in [-0.1, -0.05) is 48.8 Å². The Balaban J connectivity index is 2.60. The molecule has 76 valence electrons. The normalized spacial score (nSPS) is 30.4. The Morgan fingerprint density at radius 2 is 2.21 bits per heavy atom. The second kappa shape index (κ2) is 3.37. The summed E-state index contributed by atoms with van der Waals surface area (Å²) < 4.78 is 1.29. The van der Waals surface area contributed by atoms with E-state index in [1.54, 1.807) is 5.56 Å². The van der Waals surface area contributed by atoms with Crippen molar-refractivity contribution in [2.24, 2.45) is 0 Å². The van der Waals surface area contributed by atoms with E-state index in [0.717, 1.165) is 0 Å². The number of benzene rings is 1. The molecule has 0 N–H and O–H groups in total. The summed E-state index contributed by atoms with van der Waals surface area (Å²) in [5.41, 5.74) is 3.50. The van der Waals surface area contributed by atoms with Crippen molar-refractivity contribution >= 4 is 15.9 Å². The smallest absolute Gasteiger partial charge is 0.0212 e. The Hall–Kier alpha value is -0.300. The maximum atomic E-state index is 3.67. The van der Waals surface area contributed by atoms with Crippen molar-refractivity contribution in [1.82, 2.24) is 0 Å². The van der Waals surface area contributed by atoms with Crippen LogP contribution in [0, 0.1) is 0 Å². The highest BCUT2D eigenvalue weighted by molar-refractivity contribution is 9.10. The molecule has 0 bridgehead atoms. The first kappa shape index (κ1) is 10.2. The lowest BCUT2D eigenvalue weighted by atomic mass is 9.81. The molecule has 2 atom stereocenters. The molecule has 0 nitrogen and oxygen atoms in total. The van der Waals surface area contributed by atoms with Crippen molar-refractivity contribution in [3.63, 3.8) is 0 Å². The lowest BCUT2D eigenvalue weighted by Gasteiger charge is -2.23. The SMILES string of the molecule is CC[C@@]1(C)C[C@H](C)c2c(Br)cccc21. The van der Waals surface area contributed by atoms with Gasteiger partial charge < -0.3 is 0 Å². The van der Waals surface area contributed by atoms with Crippen LogP contribution in [0.5, 0.6) is 0 Å². The van der Waals surface area contributed by atoms with Crippen LogP contribution in [0.25, 0.3) is 0 Å². The highest BCUT2D eigenvalue weighted by atomic mass is 79.9. The minimum Gasteiger partial charge on any atom is -0.0645 e. The molecule has 0 heterocycles. The number of rotatable bonds is 1. The second-order valence-electron chi connectivity index (χ2n) is 4.72. The Morgan fingerprint density at radius 1 is 1.50 bits per heavy atom. The molecule has 0 saturated carbocycles. The van der Waals surface area contributed by atoms with Crippen LogP contribution in [0.2, 0.25) is 0 Å². The van der Waals surface area contributed by atoms with Crippen LogP contribution in [0.3, 0.4) is 0 Å². The summed E-state index contributed by atoms with van der Waals surface area (Å²) in [5, 5.41) is 0. The Labute approximate surface area is 94.8 Å². The number of hydrogen-bond acceptors (Lipinski definition) is 0. The largest absolute Gasteiger partial charge is 0.0645 e. The molecule has 0 radical (unpaired) electrons. The predicted octanol–water partition coefficient (Wildman–Crippen LogP) is 4.62. The zero-order chi connectivity index (χ0) is 10.3. The van der Waals surface area contributed by atoms with Crippen molar-refractivity contribution in [2.45, 2.75) is 44.9 Å². The molecule has 1 aliphatic carbocycles. The Kier molecular flexibility index (Phi) is 2.46. The first-order valence-electron chi connectivity index (χ1n) is 5.37. The molecule has 1 aliphatic rings. The molecule has 1 aromatic rings. The van der Waals surface area contributed by atoms with Gasteiger partial charge in [0.2, 0.25) is 0 Å². The monoisotopic (exact) mass is 252 g/mol. The predicted molar refractivity (Wildman–Crippen MR) is 64.8 cm³/mol. The van der Waals surface area contributed by atoms with E-state index in [2.05, 4.69) is 54.9 Å². The average molecular weight is 253 g/mol. The average Bonchev–Trinajstić information content (AvgIpc) is 2.41. The van der Waals surface area contributed by atoms with Gasteiger partial charge in [0.25, 0.3) is 0 Å². The van der Waals surface area contributed by atoms with E-state index < -0.39 is 0 Å². The van der Waals surface area contributed by atoms with E-state index >= 15 is 0 Å². The molecule has 0 saturated heterocycles. The fourth-order valence-corrected chi connectivity index (χ4v) is 3.54. The van der Waals surface area contributed by atoms with Crippen molar-refractivity contribution in [1.29, 1.82) is 0 Å². The third kappa shape index (κ3) is 1.33. The van der Waals surface area contributed by atoms with Gasteiger partial charge in [-0.3, -0.25) is 0 Å². The Morgan fingerprint density at radius 3 is 2.86 bits per heavy atom. The van der Waals surface area contributed by atoms with Gasteiger partial charge in [-0.2, -0.15) is 0 Å². The topological polar surface area (TPSA) is 0 Å². The summed E-state index contributed by atoms with van der Waals surface area (Å²) in [6.45, 7) is 7.02. The molecular weight excluding hydrogens is 236 g/mol. The lowest BCUT2D eigenvalue weighted by Crippen LogP contribution is -2.16. The highest BCUT2D eigenvalue weighted by Gasteiger charge is 2.37. The van der Waals surface area contributed by atoms with Crippen LogP contribution in [-0.2, 0) is 5.41 Å². The van der Waals surface area contributed by atoms with Gasteiger partial charge in [0.1, 0.15) is 0 Å². The van der Waals surface area contributed by atoms with E-state index in [1.165, 1.54) is 22.9 Å². The van der Waals surface area contributed by atoms with Crippen LogP contribution in [0.1, 0.15) is 50.7 Å². The summed E-state index contributed by atoms with van der Waals surface area (Å²) in [5.74, 6) is 0.700. The standard InChI is InChI=1S/C13H17Br/c1-4-13(3)8-9(2)12-10(13)6-5-7-11(12)14/h5-7,9H,4,8H2,1-3H3/t9-,13-/m0/s1.